The molecule has 0 aliphatic carbocycles. The Balaban J connectivity index is 4.18. The molecule has 99 heavy (non-hydrogen) atoms. The normalized spacial score (nSPS) is 13.8. The molecule has 0 aromatic rings. The summed E-state index contributed by atoms with van der Waals surface area (Å²) in [4.78, 5) is 37.6. The lowest BCUT2D eigenvalue weighted by atomic mass is 10.0. The van der Waals surface area contributed by atoms with Gasteiger partial charge < -0.3 is 33.3 Å². The number of carbonyl (C=O) groups excluding carboxylic acids is 3. The van der Waals surface area contributed by atoms with Gasteiger partial charge in [0.25, 0.3) is 0 Å². The molecule has 0 bridgehead atoms. The summed E-state index contributed by atoms with van der Waals surface area (Å²) in [6, 6.07) is 0. The second-order valence-corrected chi connectivity index (χ2v) is 26.5. The lowest BCUT2D eigenvalue weighted by molar-refractivity contribution is -0.870. The van der Waals surface area contributed by atoms with E-state index in [1.807, 2.05) is 21.1 Å². The van der Waals surface area contributed by atoms with E-state index in [0.717, 1.165) is 154 Å². The first-order valence-electron chi connectivity index (χ1n) is 39.2. The predicted octanol–water partition coefficient (Wildman–Crippen LogP) is 24.1. The minimum atomic E-state index is -1.64. The average molecular weight is 1370 g/mol. The van der Waals surface area contributed by atoms with Gasteiger partial charge in [-0.05, 0) is 148 Å². The number of unbranched alkanes of at least 4 members (excludes halogenated alkanes) is 21. The molecule has 0 radical (unpaired) electrons. The fraction of sp³-hybridized carbons (Fsp3) is 0.589. The molecule has 0 rings (SSSR count). The maximum Gasteiger partial charge on any atom is 0.306 e. The highest BCUT2D eigenvalue weighted by Crippen LogP contribution is 2.16. The maximum absolute atomic E-state index is 13.0. The molecule has 0 aromatic heterocycles. The summed E-state index contributed by atoms with van der Waals surface area (Å²) in [6.45, 7) is 4.48. The maximum atomic E-state index is 13.0. The van der Waals surface area contributed by atoms with E-state index in [1.54, 1.807) is 0 Å². The van der Waals surface area contributed by atoms with Gasteiger partial charge in [-0.2, -0.15) is 0 Å². The number of hydrogen-bond acceptors (Lipinski definition) is 8. The van der Waals surface area contributed by atoms with Crippen molar-refractivity contribution in [3.63, 3.8) is 0 Å². The van der Waals surface area contributed by atoms with Crippen molar-refractivity contribution in [1.82, 2.24) is 0 Å². The van der Waals surface area contributed by atoms with E-state index in [9.17, 15) is 19.5 Å². The molecule has 2 unspecified atom stereocenters. The van der Waals surface area contributed by atoms with Gasteiger partial charge in [0.15, 0.2) is 12.4 Å². The van der Waals surface area contributed by atoms with Gasteiger partial charge in [-0.3, -0.25) is 9.59 Å². The third-order valence-corrected chi connectivity index (χ3v) is 16.0. The molecule has 556 valence electrons. The monoisotopic (exact) mass is 1370 g/mol. The van der Waals surface area contributed by atoms with Gasteiger partial charge >= 0.3 is 11.9 Å². The summed E-state index contributed by atoms with van der Waals surface area (Å²) in [5.41, 5.74) is 0. The molecule has 0 aromatic carbocycles. The van der Waals surface area contributed by atoms with Crippen molar-refractivity contribution in [3.05, 3.63) is 207 Å². The minimum absolute atomic E-state index is 0.133. The zero-order chi connectivity index (χ0) is 71.8. The number of carboxylic acids is 1. The lowest BCUT2D eigenvalue weighted by Gasteiger charge is -2.26. The van der Waals surface area contributed by atoms with Crippen LogP contribution < -0.4 is 5.11 Å². The van der Waals surface area contributed by atoms with E-state index in [2.05, 4.69) is 220 Å². The van der Waals surface area contributed by atoms with Gasteiger partial charge in [0.1, 0.15) is 13.2 Å². The van der Waals surface area contributed by atoms with Crippen LogP contribution in [0.2, 0.25) is 0 Å². The molecular formula is C90H143NO8. The van der Waals surface area contributed by atoms with Crippen molar-refractivity contribution in [1.29, 1.82) is 0 Å². The first-order chi connectivity index (χ1) is 48.6. The van der Waals surface area contributed by atoms with Crippen molar-refractivity contribution < 1.29 is 42.9 Å². The number of aliphatic carboxylic acids is 1. The molecule has 0 saturated carbocycles. The molecule has 0 aliphatic rings. The highest BCUT2D eigenvalue weighted by Gasteiger charge is 2.22. The molecule has 0 N–H and O–H groups in total. The molecule has 0 spiro atoms. The van der Waals surface area contributed by atoms with E-state index in [1.165, 1.54) is 96.3 Å². The SMILES string of the molecule is CC/C=C\C/C=C\C/C=C\C/C=C\C/C=C\C/C=C\C/C=C\C/C=C\C/C=C\C/C=C\C/C=C\C/C=C\CCCCCCC(=O)OC(COC(=O)CCCCCCCCCCCCCCCCCCC/C=C\C/C=C\C/C=C\C/C=C\C/C=C\CC)COC(OCC[N+](C)(C)C)C(=O)[O-]. The van der Waals surface area contributed by atoms with Crippen LogP contribution in [0, 0.1) is 0 Å². The van der Waals surface area contributed by atoms with Gasteiger partial charge in [-0.1, -0.05) is 330 Å². The van der Waals surface area contributed by atoms with Crippen LogP contribution in [-0.4, -0.2) is 82.3 Å². The van der Waals surface area contributed by atoms with Crippen LogP contribution >= 0.6 is 0 Å². The molecule has 0 amide bonds. The van der Waals surface area contributed by atoms with E-state index in [-0.39, 0.29) is 38.6 Å². The number of allylic oxidation sites excluding steroid dienone is 34. The van der Waals surface area contributed by atoms with Gasteiger partial charge in [0.2, 0.25) is 0 Å². The molecule has 0 saturated heterocycles. The zero-order valence-electron chi connectivity index (χ0n) is 63.5. The number of ether oxygens (including phenoxy) is 4. The van der Waals surface area contributed by atoms with Crippen molar-refractivity contribution in [3.8, 4) is 0 Å². The topological polar surface area (TPSA) is 111 Å². The largest absolute Gasteiger partial charge is 0.545 e. The molecule has 0 heterocycles. The van der Waals surface area contributed by atoms with Crippen LogP contribution in [0.1, 0.15) is 284 Å². The molecule has 0 aliphatic heterocycles. The zero-order valence-corrected chi connectivity index (χ0v) is 63.5. The Bertz CT molecular complexity index is 2390. The number of rotatable bonds is 70. The Morgan fingerprint density at radius 1 is 0.303 bits per heavy atom. The van der Waals surface area contributed by atoms with Crippen molar-refractivity contribution >= 4 is 17.9 Å². The van der Waals surface area contributed by atoms with Gasteiger partial charge in [-0.15, -0.1) is 0 Å². The summed E-state index contributed by atoms with van der Waals surface area (Å²) >= 11 is 0. The Labute approximate surface area is 607 Å². The quantitative estimate of drug-likeness (QED) is 0.0195. The van der Waals surface area contributed by atoms with Crippen LogP contribution in [0.15, 0.2) is 207 Å². The summed E-state index contributed by atoms with van der Waals surface area (Å²) in [5.74, 6) is -2.33. The number of hydrogen-bond donors (Lipinski definition) is 0. The first-order valence-corrected chi connectivity index (χ1v) is 39.2. The van der Waals surface area contributed by atoms with E-state index in [4.69, 9.17) is 18.9 Å². The van der Waals surface area contributed by atoms with Gasteiger partial charge in [0, 0.05) is 12.8 Å². The Hall–Kier alpha value is -6.13. The van der Waals surface area contributed by atoms with E-state index < -0.39 is 24.3 Å². The van der Waals surface area contributed by atoms with Crippen LogP contribution in [0.25, 0.3) is 0 Å². The summed E-state index contributed by atoms with van der Waals surface area (Å²) < 4.78 is 22.8. The molecular weight excluding hydrogens is 1220 g/mol. The number of carbonyl (C=O) groups is 3. The third-order valence-electron chi connectivity index (χ3n) is 16.0. The average Bonchev–Trinajstić information content (AvgIpc) is 2.62. The van der Waals surface area contributed by atoms with Gasteiger partial charge in [-0.25, -0.2) is 0 Å². The standard InChI is InChI=1S/C90H143NO8/c1-6-8-10-12-14-16-18-20-22-24-26-28-30-32-34-36-38-40-41-42-43-44-45-46-47-49-51-53-55-57-59-61-63-65-67-69-71-73-75-77-79-81-88(93)99-86(85-98-90(89(94)95)96-83-82-91(3,4)5)84-97-87(92)80-78-76-74-72-70-68-66-64-62-60-58-56-54-52-50-48-39-37-35-33-31-29-27-25-23-21-19-17-15-13-11-9-7-2/h8-11,14-17,20-23,26-29,32-35,38,40,42-43,45-46,49,51,55,57,61,63,67,69,86,90H,6-7,12-13,18-19,24-25,30-31,36-37,39,41,44,47-48,50,52-54,56,58-60,62,64-66,68,70-85H2,1-5H3/b10-8-,11-9-,16-14-,17-15-,22-20-,23-21-,28-26-,29-27-,34-32-,35-33-,40-38-,43-42-,46-45-,51-49-,57-55-,63-61-,69-67-. The third kappa shape index (κ3) is 79.1. The van der Waals surface area contributed by atoms with E-state index in [0.29, 0.717) is 17.4 Å². The smallest absolute Gasteiger partial charge is 0.306 e. The number of carboxylic acid groups (broad SMARTS) is 1. The number of quaternary nitrogens is 1. The Morgan fingerprint density at radius 3 is 0.808 bits per heavy atom. The summed E-state index contributed by atoms with van der Waals surface area (Å²) in [6.07, 6.45) is 118. The number of likely N-dealkylation sites (N-methyl/N-ethyl adjacent to an activating group) is 1. The minimum Gasteiger partial charge on any atom is -0.545 e. The Kier molecular flexibility index (Phi) is 72.8. The van der Waals surface area contributed by atoms with Crippen LogP contribution in [-0.2, 0) is 33.3 Å². The predicted molar refractivity (Wildman–Crippen MR) is 425 cm³/mol. The number of nitrogens with zero attached hydrogens (tertiary/aromatic N) is 1. The van der Waals surface area contributed by atoms with Crippen molar-refractivity contribution in [2.45, 2.75) is 296 Å². The van der Waals surface area contributed by atoms with Gasteiger partial charge in [0.05, 0.1) is 40.3 Å². The second kappa shape index (κ2) is 77.6. The fourth-order valence-electron chi connectivity index (χ4n) is 10.1. The molecule has 0 fully saturated rings. The summed E-state index contributed by atoms with van der Waals surface area (Å²) in [5, 5.41) is 11.9. The summed E-state index contributed by atoms with van der Waals surface area (Å²) in [7, 11) is 5.91. The first kappa shape index (κ1) is 92.9. The molecule has 2 atom stereocenters. The second-order valence-electron chi connectivity index (χ2n) is 26.5. The van der Waals surface area contributed by atoms with Crippen LogP contribution in [0.4, 0.5) is 0 Å². The lowest BCUT2D eigenvalue weighted by Crippen LogP contribution is -2.44. The highest BCUT2D eigenvalue weighted by atomic mass is 16.7. The molecule has 9 nitrogen and oxygen atoms in total. The van der Waals surface area contributed by atoms with Crippen LogP contribution in [0.3, 0.4) is 0 Å². The highest BCUT2D eigenvalue weighted by molar-refractivity contribution is 5.70. The molecule has 9 heteroatoms. The fourth-order valence-corrected chi connectivity index (χ4v) is 10.1. The van der Waals surface area contributed by atoms with E-state index >= 15 is 0 Å². The number of esters is 2. The van der Waals surface area contributed by atoms with Crippen molar-refractivity contribution in [2.75, 3.05) is 47.5 Å². The van der Waals surface area contributed by atoms with Crippen molar-refractivity contribution in [2.24, 2.45) is 0 Å². The van der Waals surface area contributed by atoms with Crippen LogP contribution in [0.5, 0.6) is 0 Å². The Morgan fingerprint density at radius 2 is 0.545 bits per heavy atom.